The third kappa shape index (κ3) is 2.39. The highest BCUT2D eigenvalue weighted by molar-refractivity contribution is 5.85. The molecule has 4 rings (SSSR count). The molecule has 0 saturated heterocycles. The smallest absolute Gasteiger partial charge is 0.203 e. The molecule has 126 valence electrons. The molecular weight excluding hydrogens is 316 g/mol. The molecule has 4 aromatic rings. The van der Waals surface area contributed by atoms with Crippen molar-refractivity contribution in [3.8, 4) is 17.1 Å². The van der Waals surface area contributed by atoms with Gasteiger partial charge in [0, 0.05) is 13.1 Å². The van der Waals surface area contributed by atoms with Crippen LogP contribution in [0.1, 0.15) is 18.9 Å². The molecule has 25 heavy (non-hydrogen) atoms. The molecule has 0 spiro atoms. The van der Waals surface area contributed by atoms with Gasteiger partial charge in [-0.1, -0.05) is 25.5 Å². The zero-order chi connectivity index (χ0) is 17.6. The topological polar surface area (TPSA) is 68.3 Å². The van der Waals surface area contributed by atoms with Crippen molar-refractivity contribution in [2.75, 3.05) is 0 Å². The van der Waals surface area contributed by atoms with Crippen LogP contribution in [0.15, 0.2) is 51.9 Å². The first kappa shape index (κ1) is 15.4. The number of aromatic nitrogens is 2. The number of para-hydroxylation sites is 2. The second-order valence-electron chi connectivity index (χ2n) is 6.19. The Morgan fingerprint density at radius 1 is 1.24 bits per heavy atom. The molecule has 5 heteroatoms. The van der Waals surface area contributed by atoms with Gasteiger partial charge >= 0.3 is 0 Å². The van der Waals surface area contributed by atoms with Crippen LogP contribution in [0, 0.1) is 0 Å². The zero-order valence-electron chi connectivity index (χ0n) is 14.1. The van der Waals surface area contributed by atoms with E-state index in [1.165, 1.54) is 12.3 Å². The highest BCUT2D eigenvalue weighted by atomic mass is 16.3. The Labute approximate surface area is 144 Å². The SMILES string of the molecule is CCCc1cc2c(=O)c(-c3nc4ccccc4n3C)coc2cc1O. The number of imidazole rings is 1. The van der Waals surface area contributed by atoms with Crippen LogP contribution >= 0.6 is 0 Å². The Morgan fingerprint density at radius 3 is 2.80 bits per heavy atom. The lowest BCUT2D eigenvalue weighted by atomic mass is 10.0. The van der Waals surface area contributed by atoms with Gasteiger partial charge in [-0.05, 0) is 30.2 Å². The van der Waals surface area contributed by atoms with Crippen LogP contribution in [0.5, 0.6) is 5.75 Å². The number of phenolic OH excluding ortho intramolecular Hbond substituents is 1. The largest absolute Gasteiger partial charge is 0.508 e. The summed E-state index contributed by atoms with van der Waals surface area (Å²) < 4.78 is 7.52. The van der Waals surface area contributed by atoms with Gasteiger partial charge in [-0.3, -0.25) is 4.79 Å². The maximum absolute atomic E-state index is 13.0. The van der Waals surface area contributed by atoms with Crippen LogP contribution < -0.4 is 5.43 Å². The van der Waals surface area contributed by atoms with E-state index >= 15 is 0 Å². The van der Waals surface area contributed by atoms with Crippen LogP contribution in [0.2, 0.25) is 0 Å². The van der Waals surface area contributed by atoms with Gasteiger partial charge in [0.15, 0.2) is 0 Å². The average Bonchev–Trinajstić information content (AvgIpc) is 2.94. The number of benzene rings is 2. The minimum Gasteiger partial charge on any atom is -0.508 e. The van der Waals surface area contributed by atoms with Crippen molar-refractivity contribution in [3.63, 3.8) is 0 Å². The summed E-state index contributed by atoms with van der Waals surface area (Å²) in [4.78, 5) is 17.6. The van der Waals surface area contributed by atoms with Crippen molar-refractivity contribution in [2.24, 2.45) is 7.05 Å². The van der Waals surface area contributed by atoms with Crippen LogP contribution in [0.4, 0.5) is 0 Å². The highest BCUT2D eigenvalue weighted by Crippen LogP contribution is 2.27. The summed E-state index contributed by atoms with van der Waals surface area (Å²) in [5, 5.41) is 10.5. The van der Waals surface area contributed by atoms with E-state index in [-0.39, 0.29) is 11.2 Å². The summed E-state index contributed by atoms with van der Waals surface area (Å²) >= 11 is 0. The van der Waals surface area contributed by atoms with E-state index in [2.05, 4.69) is 4.98 Å². The maximum atomic E-state index is 13.0. The molecule has 0 atom stereocenters. The molecule has 2 aromatic carbocycles. The van der Waals surface area contributed by atoms with Crippen molar-refractivity contribution in [3.05, 3.63) is 58.4 Å². The number of aryl methyl sites for hydroxylation is 2. The van der Waals surface area contributed by atoms with Crippen molar-refractivity contribution in [1.82, 2.24) is 9.55 Å². The molecule has 0 saturated carbocycles. The summed E-state index contributed by atoms with van der Waals surface area (Å²) in [6.07, 6.45) is 3.01. The third-order valence-corrected chi connectivity index (χ3v) is 4.52. The first-order valence-corrected chi connectivity index (χ1v) is 8.29. The molecule has 0 radical (unpaired) electrons. The second kappa shape index (κ2) is 5.77. The van der Waals surface area contributed by atoms with Crippen molar-refractivity contribution in [2.45, 2.75) is 19.8 Å². The Morgan fingerprint density at radius 2 is 2.04 bits per heavy atom. The fourth-order valence-electron chi connectivity index (χ4n) is 3.22. The first-order valence-electron chi connectivity index (χ1n) is 8.29. The number of nitrogens with zero attached hydrogens (tertiary/aromatic N) is 2. The van der Waals surface area contributed by atoms with E-state index in [0.29, 0.717) is 28.8 Å². The van der Waals surface area contributed by atoms with Crippen molar-refractivity contribution < 1.29 is 9.52 Å². The fourth-order valence-corrected chi connectivity index (χ4v) is 3.22. The van der Waals surface area contributed by atoms with Crippen LogP contribution in [0.25, 0.3) is 33.4 Å². The first-order chi connectivity index (χ1) is 12.1. The molecule has 0 unspecified atom stereocenters. The third-order valence-electron chi connectivity index (χ3n) is 4.52. The predicted molar refractivity (Wildman–Crippen MR) is 97.9 cm³/mol. The molecule has 0 aliphatic carbocycles. The minimum absolute atomic E-state index is 0.142. The molecule has 0 aliphatic heterocycles. The van der Waals surface area contributed by atoms with E-state index in [4.69, 9.17) is 4.42 Å². The number of hydrogen-bond donors (Lipinski definition) is 1. The predicted octanol–water partition coefficient (Wildman–Crippen LogP) is 4.00. The van der Waals surface area contributed by atoms with E-state index in [1.807, 2.05) is 42.8 Å². The Balaban J connectivity index is 1.98. The lowest BCUT2D eigenvalue weighted by molar-refractivity contribution is 0.466. The molecule has 2 aromatic heterocycles. The number of hydrogen-bond acceptors (Lipinski definition) is 4. The lowest BCUT2D eigenvalue weighted by Crippen LogP contribution is -2.08. The van der Waals surface area contributed by atoms with Crippen molar-refractivity contribution in [1.29, 1.82) is 0 Å². The fraction of sp³-hybridized carbons (Fsp3) is 0.200. The zero-order valence-corrected chi connectivity index (χ0v) is 14.1. The number of rotatable bonds is 3. The summed E-state index contributed by atoms with van der Waals surface area (Å²) in [7, 11) is 1.88. The summed E-state index contributed by atoms with van der Waals surface area (Å²) in [5.41, 5.74) is 3.19. The summed E-state index contributed by atoms with van der Waals surface area (Å²) in [5.74, 6) is 0.731. The van der Waals surface area contributed by atoms with Gasteiger partial charge in [0.1, 0.15) is 29.0 Å². The van der Waals surface area contributed by atoms with Gasteiger partial charge in [-0.2, -0.15) is 0 Å². The highest BCUT2D eigenvalue weighted by Gasteiger charge is 2.17. The Bertz CT molecular complexity index is 1150. The normalized spacial score (nSPS) is 11.4. The van der Waals surface area contributed by atoms with Crippen LogP contribution in [-0.2, 0) is 13.5 Å². The Hall–Kier alpha value is -3.08. The summed E-state index contributed by atoms with van der Waals surface area (Å²) in [6.45, 7) is 2.03. The molecule has 5 nitrogen and oxygen atoms in total. The van der Waals surface area contributed by atoms with E-state index in [0.717, 1.165) is 23.0 Å². The van der Waals surface area contributed by atoms with Crippen LogP contribution in [0.3, 0.4) is 0 Å². The van der Waals surface area contributed by atoms with Gasteiger partial charge in [0.05, 0.1) is 16.4 Å². The molecule has 0 fully saturated rings. The van der Waals surface area contributed by atoms with Gasteiger partial charge in [0.25, 0.3) is 0 Å². The van der Waals surface area contributed by atoms with E-state index in [1.54, 1.807) is 6.07 Å². The van der Waals surface area contributed by atoms with E-state index in [9.17, 15) is 9.90 Å². The Kier molecular flexibility index (Phi) is 3.57. The molecule has 0 amide bonds. The van der Waals surface area contributed by atoms with Crippen molar-refractivity contribution >= 4 is 22.0 Å². The lowest BCUT2D eigenvalue weighted by Gasteiger charge is -2.07. The molecule has 2 heterocycles. The molecule has 0 aliphatic rings. The number of aromatic hydroxyl groups is 1. The number of phenols is 1. The maximum Gasteiger partial charge on any atom is 0.203 e. The second-order valence-corrected chi connectivity index (χ2v) is 6.19. The van der Waals surface area contributed by atoms with Gasteiger partial charge < -0.3 is 14.1 Å². The summed E-state index contributed by atoms with van der Waals surface area (Å²) in [6, 6.07) is 11.0. The van der Waals surface area contributed by atoms with Gasteiger partial charge in [-0.25, -0.2) is 4.98 Å². The minimum atomic E-state index is -0.142. The monoisotopic (exact) mass is 334 g/mol. The molecule has 0 bridgehead atoms. The van der Waals surface area contributed by atoms with Crippen LogP contribution in [-0.4, -0.2) is 14.7 Å². The van der Waals surface area contributed by atoms with Gasteiger partial charge in [0.2, 0.25) is 5.43 Å². The molecule has 1 N–H and O–H groups in total. The number of fused-ring (bicyclic) bond motifs is 2. The van der Waals surface area contributed by atoms with E-state index < -0.39 is 0 Å². The standard InChI is InChI=1S/C20H18N2O3/c1-3-6-12-9-13-18(10-17(12)23)25-11-14(19(13)24)20-21-15-7-4-5-8-16(15)22(20)2/h4-5,7-11,23H,3,6H2,1-2H3. The molecular formula is C20H18N2O3. The average molecular weight is 334 g/mol. The quantitative estimate of drug-likeness (QED) is 0.615. The van der Waals surface area contributed by atoms with Gasteiger partial charge in [-0.15, -0.1) is 0 Å².